The van der Waals surface area contributed by atoms with Gasteiger partial charge < -0.3 is 15.8 Å². The summed E-state index contributed by atoms with van der Waals surface area (Å²) in [7, 11) is 0. The van der Waals surface area contributed by atoms with E-state index < -0.39 is 0 Å². The summed E-state index contributed by atoms with van der Waals surface area (Å²) in [5.74, 6) is 0.594. The maximum Gasteiger partial charge on any atom is 0.147 e. The number of hydrogen-bond acceptors (Lipinski definition) is 5. The Morgan fingerprint density at radius 2 is 2.00 bits per heavy atom. The molecule has 0 unspecified atom stereocenters. The number of nitrogens with zero attached hydrogens (tertiary/aromatic N) is 1. The topological polar surface area (TPSA) is 60.2 Å². The van der Waals surface area contributed by atoms with Gasteiger partial charge in [-0.2, -0.15) is 4.37 Å². The van der Waals surface area contributed by atoms with Crippen molar-refractivity contribution < 1.29 is 4.74 Å². The molecule has 3 N–H and O–H groups in total. The van der Waals surface area contributed by atoms with Crippen LogP contribution < -0.4 is 11.1 Å². The Labute approximate surface area is 130 Å². The number of hydrogen-bond donors (Lipinski definition) is 2. The molecule has 0 atom stereocenters. The molecule has 114 valence electrons. The van der Waals surface area contributed by atoms with Gasteiger partial charge in [-0.25, -0.2) is 0 Å². The monoisotopic (exact) mass is 305 g/mol. The van der Waals surface area contributed by atoms with Crippen LogP contribution in [0.4, 0.5) is 10.8 Å². The molecule has 0 fully saturated rings. The highest BCUT2D eigenvalue weighted by Gasteiger charge is 2.12. The lowest BCUT2D eigenvalue weighted by atomic mass is 10.1. The van der Waals surface area contributed by atoms with E-state index in [1.807, 2.05) is 18.2 Å². The lowest BCUT2D eigenvalue weighted by Crippen LogP contribution is -2.07. The summed E-state index contributed by atoms with van der Waals surface area (Å²) in [6.07, 6.45) is 2.43. The van der Waals surface area contributed by atoms with Crippen LogP contribution in [-0.2, 0) is 4.74 Å². The van der Waals surface area contributed by atoms with Crippen LogP contribution in [0, 0.1) is 0 Å². The van der Waals surface area contributed by atoms with E-state index in [9.17, 15) is 0 Å². The van der Waals surface area contributed by atoms with Crippen LogP contribution in [0.1, 0.15) is 26.7 Å². The van der Waals surface area contributed by atoms with Crippen molar-refractivity contribution in [2.45, 2.75) is 32.8 Å². The molecule has 1 aromatic carbocycles. The molecule has 0 saturated carbocycles. The third-order valence-electron chi connectivity index (χ3n) is 3.09. The van der Waals surface area contributed by atoms with Crippen molar-refractivity contribution in [3.05, 3.63) is 30.3 Å². The molecule has 0 radical (unpaired) electrons. The molecule has 5 heteroatoms. The predicted octanol–water partition coefficient (Wildman–Crippen LogP) is 4.01. The van der Waals surface area contributed by atoms with Crippen LogP contribution in [0.25, 0.3) is 11.1 Å². The van der Waals surface area contributed by atoms with E-state index in [0.29, 0.717) is 11.9 Å². The lowest BCUT2D eigenvalue weighted by molar-refractivity contribution is 0.0765. The van der Waals surface area contributed by atoms with Crippen molar-refractivity contribution in [1.82, 2.24) is 4.37 Å². The van der Waals surface area contributed by atoms with Crippen LogP contribution in [0.2, 0.25) is 0 Å². The van der Waals surface area contributed by atoms with Crippen molar-refractivity contribution in [1.29, 1.82) is 0 Å². The summed E-state index contributed by atoms with van der Waals surface area (Å²) < 4.78 is 9.80. The molecule has 2 rings (SSSR count). The Morgan fingerprint density at radius 1 is 1.24 bits per heavy atom. The molecule has 0 aliphatic carbocycles. The van der Waals surface area contributed by atoms with E-state index in [0.717, 1.165) is 42.1 Å². The smallest absolute Gasteiger partial charge is 0.147 e. The zero-order valence-electron chi connectivity index (χ0n) is 12.6. The minimum atomic E-state index is 0.309. The van der Waals surface area contributed by atoms with E-state index >= 15 is 0 Å². The number of rotatable bonds is 8. The second-order valence-electron chi connectivity index (χ2n) is 5.19. The van der Waals surface area contributed by atoms with E-state index in [1.54, 1.807) is 0 Å². The van der Waals surface area contributed by atoms with E-state index in [-0.39, 0.29) is 0 Å². The Morgan fingerprint density at radius 3 is 2.71 bits per heavy atom. The first kappa shape index (κ1) is 15.8. The Balaban J connectivity index is 1.87. The summed E-state index contributed by atoms with van der Waals surface area (Å²) in [5.41, 5.74) is 8.12. The molecule has 2 aromatic rings. The first-order valence-corrected chi connectivity index (χ1v) is 8.12. The molecular weight excluding hydrogens is 282 g/mol. The van der Waals surface area contributed by atoms with Gasteiger partial charge in [-0.15, -0.1) is 0 Å². The summed E-state index contributed by atoms with van der Waals surface area (Å²) in [6, 6.07) is 10.1. The van der Waals surface area contributed by atoms with Crippen LogP contribution >= 0.6 is 11.5 Å². The average Bonchev–Trinajstić information content (AvgIpc) is 2.84. The molecule has 0 aliphatic rings. The lowest BCUT2D eigenvalue weighted by Gasteiger charge is -2.09. The van der Waals surface area contributed by atoms with Crippen molar-refractivity contribution in [2.75, 3.05) is 24.2 Å². The normalized spacial score (nSPS) is 11.0. The van der Waals surface area contributed by atoms with Crippen LogP contribution in [-0.4, -0.2) is 23.6 Å². The number of nitrogens with one attached hydrogen (secondary N) is 1. The Bertz CT molecular complexity index is 540. The summed E-state index contributed by atoms with van der Waals surface area (Å²) in [5, 5.41) is 4.49. The highest BCUT2D eigenvalue weighted by molar-refractivity contribution is 7.11. The molecule has 1 aromatic heterocycles. The molecule has 0 aliphatic heterocycles. The van der Waals surface area contributed by atoms with Crippen LogP contribution in [0.3, 0.4) is 0 Å². The molecule has 0 saturated heterocycles. The number of nitrogen functional groups attached to an aromatic ring is 1. The highest BCUT2D eigenvalue weighted by atomic mass is 32.1. The average molecular weight is 305 g/mol. The largest absolute Gasteiger partial charge is 0.382 e. The van der Waals surface area contributed by atoms with Gasteiger partial charge in [-0.3, -0.25) is 0 Å². The second-order valence-corrected chi connectivity index (χ2v) is 5.96. The standard InChI is InChI=1S/C16H23N3OS/c1-12(2)20-11-7-6-10-18-16-14(15(17)19-21-16)13-8-4-3-5-9-13/h3-5,8-9,12,18H,6-7,10-11H2,1-2H3,(H2,17,19). The van der Waals surface area contributed by atoms with E-state index in [4.69, 9.17) is 10.5 Å². The van der Waals surface area contributed by atoms with Crippen molar-refractivity contribution in [3.63, 3.8) is 0 Å². The van der Waals surface area contributed by atoms with Crippen molar-refractivity contribution in [2.24, 2.45) is 0 Å². The third kappa shape index (κ3) is 4.72. The van der Waals surface area contributed by atoms with Gasteiger partial charge in [-0.05, 0) is 43.8 Å². The maximum absolute atomic E-state index is 6.00. The number of aromatic nitrogens is 1. The van der Waals surface area contributed by atoms with Gasteiger partial charge in [0.15, 0.2) is 0 Å². The van der Waals surface area contributed by atoms with E-state index in [1.165, 1.54) is 11.5 Å². The molecule has 0 bridgehead atoms. The predicted molar refractivity (Wildman–Crippen MR) is 90.8 cm³/mol. The number of ether oxygens (including phenoxy) is 1. The Kier molecular flexibility index (Phi) is 6.02. The zero-order valence-corrected chi connectivity index (χ0v) is 13.5. The summed E-state index contributed by atoms with van der Waals surface area (Å²) in [4.78, 5) is 0. The molecule has 21 heavy (non-hydrogen) atoms. The SMILES string of the molecule is CC(C)OCCCCNc1snc(N)c1-c1ccccc1. The highest BCUT2D eigenvalue weighted by Crippen LogP contribution is 2.36. The minimum Gasteiger partial charge on any atom is -0.382 e. The molecule has 0 amide bonds. The minimum absolute atomic E-state index is 0.309. The second kappa shape index (κ2) is 8.00. The fourth-order valence-corrected chi connectivity index (χ4v) is 2.82. The van der Waals surface area contributed by atoms with Gasteiger partial charge in [0.2, 0.25) is 0 Å². The van der Waals surface area contributed by atoms with Gasteiger partial charge in [-0.1, -0.05) is 30.3 Å². The first-order chi connectivity index (χ1) is 10.2. The number of nitrogens with two attached hydrogens (primary N) is 1. The van der Waals surface area contributed by atoms with Gasteiger partial charge in [0, 0.05) is 13.2 Å². The number of unbranched alkanes of at least 4 members (excludes halogenated alkanes) is 1. The Hall–Kier alpha value is -1.59. The molecule has 4 nitrogen and oxygen atoms in total. The molecular formula is C16H23N3OS. The van der Waals surface area contributed by atoms with Gasteiger partial charge in [0.05, 0.1) is 11.7 Å². The quantitative estimate of drug-likeness (QED) is 0.723. The fourth-order valence-electron chi connectivity index (χ4n) is 2.05. The first-order valence-electron chi connectivity index (χ1n) is 7.34. The maximum atomic E-state index is 6.00. The number of anilines is 2. The van der Waals surface area contributed by atoms with E-state index in [2.05, 4.69) is 35.7 Å². The summed E-state index contributed by atoms with van der Waals surface area (Å²) in [6.45, 7) is 5.84. The van der Waals surface area contributed by atoms with Gasteiger partial charge in [0.25, 0.3) is 0 Å². The van der Waals surface area contributed by atoms with Crippen molar-refractivity contribution in [3.8, 4) is 11.1 Å². The van der Waals surface area contributed by atoms with Crippen LogP contribution in [0.15, 0.2) is 30.3 Å². The molecule has 0 spiro atoms. The summed E-state index contributed by atoms with van der Waals surface area (Å²) >= 11 is 1.42. The number of benzene rings is 1. The van der Waals surface area contributed by atoms with Crippen LogP contribution in [0.5, 0.6) is 0 Å². The van der Waals surface area contributed by atoms with Gasteiger partial charge >= 0.3 is 0 Å². The van der Waals surface area contributed by atoms with Crippen molar-refractivity contribution >= 4 is 22.4 Å². The fraction of sp³-hybridized carbons (Fsp3) is 0.438. The van der Waals surface area contributed by atoms with Gasteiger partial charge in [0.1, 0.15) is 10.8 Å². The zero-order chi connectivity index (χ0) is 15.1. The molecule has 1 heterocycles. The third-order valence-corrected chi connectivity index (χ3v) is 3.91.